The summed E-state index contributed by atoms with van der Waals surface area (Å²) >= 11 is 1.54. The molecular formula is C23H25N5O3S. The molecule has 1 saturated heterocycles. The van der Waals surface area contributed by atoms with Gasteiger partial charge in [0.1, 0.15) is 10.7 Å². The van der Waals surface area contributed by atoms with Crippen molar-refractivity contribution in [3.8, 4) is 11.5 Å². The molecule has 2 aliphatic heterocycles. The number of rotatable bonds is 7. The van der Waals surface area contributed by atoms with Crippen molar-refractivity contribution in [1.82, 2.24) is 25.1 Å². The Morgan fingerprint density at radius 3 is 2.66 bits per heavy atom. The highest BCUT2D eigenvalue weighted by Crippen LogP contribution is 2.32. The molecule has 8 nitrogen and oxygen atoms in total. The molecule has 9 heteroatoms. The fraction of sp³-hybridized carbons (Fsp3) is 0.348. The fourth-order valence-corrected chi connectivity index (χ4v) is 4.66. The first kappa shape index (κ1) is 20.9. The van der Waals surface area contributed by atoms with Gasteiger partial charge in [-0.1, -0.05) is 12.1 Å². The van der Waals surface area contributed by atoms with Crippen molar-refractivity contribution >= 4 is 17.2 Å². The summed E-state index contributed by atoms with van der Waals surface area (Å²) in [6.07, 6.45) is 1.72. The highest BCUT2D eigenvalue weighted by atomic mass is 32.1. The second-order valence-corrected chi connectivity index (χ2v) is 8.81. The second-order valence-electron chi connectivity index (χ2n) is 7.87. The quantitative estimate of drug-likeness (QED) is 0.591. The van der Waals surface area contributed by atoms with Gasteiger partial charge in [-0.25, -0.2) is 4.98 Å². The maximum atomic E-state index is 12.4. The first-order valence-electron chi connectivity index (χ1n) is 10.7. The minimum Gasteiger partial charge on any atom is -0.454 e. The first-order chi connectivity index (χ1) is 15.7. The third-order valence-corrected chi connectivity index (χ3v) is 6.44. The number of hydrogen-bond donors (Lipinski definition) is 1. The average molecular weight is 452 g/mol. The number of thiazole rings is 1. The van der Waals surface area contributed by atoms with Crippen LogP contribution in [0.5, 0.6) is 11.5 Å². The summed E-state index contributed by atoms with van der Waals surface area (Å²) in [5, 5.41) is 5.68. The number of pyridine rings is 1. The van der Waals surface area contributed by atoms with Crippen LogP contribution < -0.4 is 14.8 Å². The van der Waals surface area contributed by atoms with E-state index in [4.69, 9.17) is 9.47 Å². The van der Waals surface area contributed by atoms with E-state index < -0.39 is 0 Å². The van der Waals surface area contributed by atoms with Crippen LogP contribution in [0.1, 0.15) is 26.8 Å². The van der Waals surface area contributed by atoms with E-state index in [2.05, 4.69) is 37.2 Å². The van der Waals surface area contributed by atoms with Crippen LogP contribution >= 0.6 is 11.3 Å². The normalized spacial score (nSPS) is 16.2. The van der Waals surface area contributed by atoms with E-state index in [1.807, 2.05) is 29.6 Å². The third-order valence-electron chi connectivity index (χ3n) is 5.61. The van der Waals surface area contributed by atoms with E-state index in [0.29, 0.717) is 19.0 Å². The number of hydrogen-bond acceptors (Lipinski definition) is 8. The molecular weight excluding hydrogens is 426 g/mol. The number of nitrogens with one attached hydrogen (secondary N) is 1. The Morgan fingerprint density at radius 1 is 1.03 bits per heavy atom. The lowest BCUT2D eigenvalue weighted by atomic mass is 10.1. The molecule has 1 amide bonds. The van der Waals surface area contributed by atoms with Crippen LogP contribution in [0.3, 0.4) is 0 Å². The zero-order valence-corrected chi connectivity index (χ0v) is 18.5. The molecule has 0 bridgehead atoms. The molecule has 0 unspecified atom stereocenters. The Morgan fingerprint density at radius 2 is 1.84 bits per heavy atom. The zero-order valence-electron chi connectivity index (χ0n) is 17.7. The van der Waals surface area contributed by atoms with Gasteiger partial charge < -0.3 is 14.8 Å². The topological polar surface area (TPSA) is 79.8 Å². The molecule has 1 aromatic carbocycles. The van der Waals surface area contributed by atoms with Gasteiger partial charge in [-0.3, -0.25) is 19.6 Å². The Hall–Kier alpha value is -3.01. The van der Waals surface area contributed by atoms with Gasteiger partial charge in [-0.05, 0) is 29.8 Å². The zero-order chi connectivity index (χ0) is 21.8. The maximum absolute atomic E-state index is 12.4. The van der Waals surface area contributed by atoms with E-state index >= 15 is 0 Å². The van der Waals surface area contributed by atoms with Crippen LogP contribution in [-0.4, -0.2) is 58.6 Å². The number of nitrogens with zero attached hydrogens (tertiary/aromatic N) is 4. The largest absolute Gasteiger partial charge is 0.454 e. The van der Waals surface area contributed by atoms with Crippen molar-refractivity contribution in [2.75, 3.05) is 33.0 Å². The van der Waals surface area contributed by atoms with Gasteiger partial charge in [0, 0.05) is 44.3 Å². The van der Waals surface area contributed by atoms with Gasteiger partial charge in [-0.15, -0.1) is 11.3 Å². The summed E-state index contributed by atoms with van der Waals surface area (Å²) < 4.78 is 10.9. The van der Waals surface area contributed by atoms with Crippen molar-refractivity contribution in [3.05, 3.63) is 69.9 Å². The number of carbonyl (C=O) groups excluding carboxylic acids is 1. The molecule has 0 aliphatic carbocycles. The number of fused-ring (bicyclic) bond motifs is 1. The van der Waals surface area contributed by atoms with E-state index in [1.165, 1.54) is 16.9 Å². The van der Waals surface area contributed by atoms with Crippen molar-refractivity contribution < 1.29 is 14.3 Å². The molecule has 32 heavy (non-hydrogen) atoms. The van der Waals surface area contributed by atoms with Crippen molar-refractivity contribution in [1.29, 1.82) is 0 Å². The SMILES string of the molecule is O=C(NCc1ccccn1)c1csc(CN2CCN(Cc3ccc4c(c3)OCO4)CC2)n1. The molecule has 5 rings (SSSR count). The number of carbonyl (C=O) groups is 1. The fourth-order valence-electron chi connectivity index (χ4n) is 3.85. The van der Waals surface area contributed by atoms with E-state index in [-0.39, 0.29) is 5.91 Å². The summed E-state index contributed by atoms with van der Waals surface area (Å²) in [7, 11) is 0. The summed E-state index contributed by atoms with van der Waals surface area (Å²) in [4.78, 5) is 26.0. The van der Waals surface area contributed by atoms with Crippen molar-refractivity contribution in [2.24, 2.45) is 0 Å². The second kappa shape index (κ2) is 9.64. The van der Waals surface area contributed by atoms with E-state index in [1.54, 1.807) is 6.20 Å². The molecule has 4 heterocycles. The Balaban J connectivity index is 1.08. The lowest BCUT2D eigenvalue weighted by Crippen LogP contribution is -2.45. The van der Waals surface area contributed by atoms with Gasteiger partial charge in [0.05, 0.1) is 18.8 Å². The van der Waals surface area contributed by atoms with Gasteiger partial charge in [0.15, 0.2) is 11.5 Å². The number of benzene rings is 1. The number of piperazine rings is 1. The summed E-state index contributed by atoms with van der Waals surface area (Å²) in [6.45, 7) is 6.34. The first-order valence-corrected chi connectivity index (χ1v) is 11.6. The molecule has 0 atom stereocenters. The molecule has 0 radical (unpaired) electrons. The minimum absolute atomic E-state index is 0.160. The predicted molar refractivity (Wildman–Crippen MR) is 121 cm³/mol. The molecule has 0 saturated carbocycles. The minimum atomic E-state index is -0.160. The molecule has 166 valence electrons. The van der Waals surface area contributed by atoms with E-state index in [9.17, 15) is 4.79 Å². The Labute approximate surface area is 190 Å². The van der Waals surface area contributed by atoms with Crippen LogP contribution in [0.25, 0.3) is 0 Å². The average Bonchev–Trinajstić information content (AvgIpc) is 3.49. The highest BCUT2D eigenvalue weighted by Gasteiger charge is 2.20. The molecule has 0 spiro atoms. The monoisotopic (exact) mass is 451 g/mol. The van der Waals surface area contributed by atoms with Crippen molar-refractivity contribution in [2.45, 2.75) is 19.6 Å². The molecule has 2 aliphatic rings. The number of ether oxygens (including phenoxy) is 2. The van der Waals surface area contributed by atoms with Crippen LogP contribution in [0.4, 0.5) is 0 Å². The van der Waals surface area contributed by atoms with E-state index in [0.717, 1.165) is 61.5 Å². The third kappa shape index (κ3) is 5.07. The maximum Gasteiger partial charge on any atom is 0.271 e. The smallest absolute Gasteiger partial charge is 0.271 e. The molecule has 2 aromatic heterocycles. The molecule has 3 aromatic rings. The number of aromatic nitrogens is 2. The Kier molecular flexibility index (Phi) is 6.29. The van der Waals surface area contributed by atoms with Crippen molar-refractivity contribution in [3.63, 3.8) is 0 Å². The predicted octanol–water partition coefficient (Wildman–Crippen LogP) is 2.51. The lowest BCUT2D eigenvalue weighted by molar-refractivity contribution is 0.0945. The number of amides is 1. The van der Waals surface area contributed by atoms with Crippen LogP contribution in [0, 0.1) is 0 Å². The standard InChI is InChI=1S/C23H25N5O3S/c29-23(25-12-18-3-1-2-6-24-18)19-15-32-22(26-19)14-28-9-7-27(8-10-28)13-17-4-5-20-21(11-17)31-16-30-20/h1-6,11,15H,7-10,12-14,16H2,(H,25,29). The summed E-state index contributed by atoms with van der Waals surface area (Å²) in [5.74, 6) is 1.50. The van der Waals surface area contributed by atoms with Gasteiger partial charge in [-0.2, -0.15) is 0 Å². The van der Waals surface area contributed by atoms with Gasteiger partial charge in [0.2, 0.25) is 6.79 Å². The summed E-state index contributed by atoms with van der Waals surface area (Å²) in [5.41, 5.74) is 2.54. The Bertz CT molecular complexity index is 1070. The van der Waals surface area contributed by atoms with Crippen LogP contribution in [0.15, 0.2) is 48.0 Å². The molecule has 1 N–H and O–H groups in total. The van der Waals surface area contributed by atoms with Crippen LogP contribution in [-0.2, 0) is 19.6 Å². The lowest BCUT2D eigenvalue weighted by Gasteiger charge is -2.34. The van der Waals surface area contributed by atoms with Crippen LogP contribution in [0.2, 0.25) is 0 Å². The molecule has 1 fully saturated rings. The highest BCUT2D eigenvalue weighted by molar-refractivity contribution is 7.09. The summed E-state index contributed by atoms with van der Waals surface area (Å²) in [6, 6.07) is 11.8. The van der Waals surface area contributed by atoms with Gasteiger partial charge in [0.25, 0.3) is 5.91 Å². The van der Waals surface area contributed by atoms with Gasteiger partial charge >= 0.3 is 0 Å².